The summed E-state index contributed by atoms with van der Waals surface area (Å²) >= 11 is 3.78. The maximum absolute atomic E-state index is 5.73. The van der Waals surface area contributed by atoms with E-state index in [2.05, 4.69) is 41.1 Å². The molecule has 0 aromatic heterocycles. The monoisotopic (exact) mass is 334 g/mol. The molecule has 0 fully saturated rings. The molecular weight excluding hydrogens is 316 g/mol. The maximum Gasteiger partial charge on any atom is 0.123 e. The molecule has 1 atom stereocenters. The fourth-order valence-electron chi connectivity index (χ4n) is 2.13. The van der Waals surface area contributed by atoms with Crippen LogP contribution in [-0.2, 0) is 0 Å². The number of hydrogen-bond donors (Lipinski definition) is 0. The fraction of sp³-hybridized carbons (Fsp3) is 0.294. The Morgan fingerprint density at radius 2 is 1.95 bits per heavy atom. The van der Waals surface area contributed by atoms with Crippen LogP contribution in [0.2, 0.25) is 0 Å². The lowest BCUT2D eigenvalue weighted by Gasteiger charge is -2.17. The van der Waals surface area contributed by atoms with Gasteiger partial charge in [0, 0.05) is 5.56 Å². The molecule has 2 aromatic carbocycles. The van der Waals surface area contributed by atoms with Gasteiger partial charge in [-0.3, -0.25) is 0 Å². The SMILES string of the molecule is CCOc1ccc(C)cc1C(Br)c1cccc(OC)c1. The summed E-state index contributed by atoms with van der Waals surface area (Å²) < 4.78 is 11.0. The van der Waals surface area contributed by atoms with Gasteiger partial charge in [0.15, 0.2) is 0 Å². The van der Waals surface area contributed by atoms with E-state index in [0.29, 0.717) is 6.61 Å². The zero-order valence-corrected chi connectivity index (χ0v) is 13.6. The van der Waals surface area contributed by atoms with E-state index in [9.17, 15) is 0 Å². The first-order chi connectivity index (χ1) is 9.65. The van der Waals surface area contributed by atoms with E-state index >= 15 is 0 Å². The number of rotatable bonds is 5. The quantitative estimate of drug-likeness (QED) is 0.725. The van der Waals surface area contributed by atoms with Crippen LogP contribution in [0.1, 0.15) is 28.4 Å². The Morgan fingerprint density at radius 1 is 1.15 bits per heavy atom. The van der Waals surface area contributed by atoms with Crippen molar-refractivity contribution in [3.8, 4) is 11.5 Å². The lowest BCUT2D eigenvalue weighted by Crippen LogP contribution is -2.00. The van der Waals surface area contributed by atoms with Crippen LogP contribution in [0.4, 0.5) is 0 Å². The van der Waals surface area contributed by atoms with Crippen molar-refractivity contribution in [3.63, 3.8) is 0 Å². The second kappa shape index (κ2) is 6.80. The molecule has 0 aliphatic heterocycles. The first kappa shape index (κ1) is 14.9. The van der Waals surface area contributed by atoms with Gasteiger partial charge in [-0.15, -0.1) is 0 Å². The molecule has 0 bridgehead atoms. The first-order valence-corrected chi connectivity index (χ1v) is 7.58. The molecular formula is C17H19BrO2. The van der Waals surface area contributed by atoms with E-state index in [1.54, 1.807) is 7.11 Å². The predicted octanol–water partition coefficient (Wildman–Crippen LogP) is 4.89. The summed E-state index contributed by atoms with van der Waals surface area (Å²) in [6.07, 6.45) is 0. The fourth-order valence-corrected chi connectivity index (χ4v) is 2.77. The third kappa shape index (κ3) is 3.34. The molecule has 2 aromatic rings. The summed E-state index contributed by atoms with van der Waals surface area (Å²) in [4.78, 5) is 0.0825. The van der Waals surface area contributed by atoms with Crippen molar-refractivity contribution >= 4 is 15.9 Å². The van der Waals surface area contributed by atoms with Crippen LogP contribution in [0, 0.1) is 6.92 Å². The lowest BCUT2D eigenvalue weighted by molar-refractivity contribution is 0.337. The first-order valence-electron chi connectivity index (χ1n) is 6.67. The minimum Gasteiger partial charge on any atom is -0.497 e. The number of methoxy groups -OCH3 is 1. The van der Waals surface area contributed by atoms with Crippen LogP contribution in [-0.4, -0.2) is 13.7 Å². The molecule has 2 nitrogen and oxygen atoms in total. The van der Waals surface area contributed by atoms with Crippen LogP contribution >= 0.6 is 15.9 Å². The molecule has 0 aliphatic rings. The van der Waals surface area contributed by atoms with Gasteiger partial charge < -0.3 is 9.47 Å². The predicted molar refractivity (Wildman–Crippen MR) is 86.1 cm³/mol. The standard InChI is InChI=1S/C17H19BrO2/c1-4-20-16-9-8-12(2)10-15(16)17(18)13-6-5-7-14(11-13)19-3/h5-11,17H,4H2,1-3H3. The van der Waals surface area contributed by atoms with Gasteiger partial charge in [0.05, 0.1) is 18.5 Å². The van der Waals surface area contributed by atoms with Crippen molar-refractivity contribution in [2.75, 3.05) is 13.7 Å². The summed E-state index contributed by atoms with van der Waals surface area (Å²) in [6, 6.07) is 14.3. The van der Waals surface area contributed by atoms with Gasteiger partial charge in [0.1, 0.15) is 11.5 Å². The second-order valence-corrected chi connectivity index (χ2v) is 5.53. The molecule has 106 valence electrons. The highest BCUT2D eigenvalue weighted by Gasteiger charge is 2.16. The van der Waals surface area contributed by atoms with E-state index in [0.717, 1.165) is 22.6 Å². The van der Waals surface area contributed by atoms with Gasteiger partial charge in [-0.25, -0.2) is 0 Å². The van der Waals surface area contributed by atoms with Crippen molar-refractivity contribution in [2.45, 2.75) is 18.7 Å². The van der Waals surface area contributed by atoms with Gasteiger partial charge in [0.2, 0.25) is 0 Å². The number of hydrogen-bond acceptors (Lipinski definition) is 2. The largest absolute Gasteiger partial charge is 0.497 e. The second-order valence-electron chi connectivity index (χ2n) is 4.61. The molecule has 20 heavy (non-hydrogen) atoms. The van der Waals surface area contributed by atoms with Crippen molar-refractivity contribution < 1.29 is 9.47 Å². The minimum atomic E-state index is 0.0825. The highest BCUT2D eigenvalue weighted by atomic mass is 79.9. The topological polar surface area (TPSA) is 18.5 Å². The summed E-state index contributed by atoms with van der Waals surface area (Å²) in [5.41, 5.74) is 3.51. The number of alkyl halides is 1. The lowest BCUT2D eigenvalue weighted by atomic mass is 10.0. The molecule has 0 radical (unpaired) electrons. The Labute approximate surface area is 128 Å². The van der Waals surface area contributed by atoms with Crippen LogP contribution in [0.15, 0.2) is 42.5 Å². The molecule has 3 heteroatoms. The van der Waals surface area contributed by atoms with Crippen molar-refractivity contribution in [3.05, 3.63) is 59.2 Å². The van der Waals surface area contributed by atoms with Crippen LogP contribution in [0.5, 0.6) is 11.5 Å². The Hall–Kier alpha value is -1.48. The van der Waals surface area contributed by atoms with E-state index < -0.39 is 0 Å². The Balaban J connectivity index is 2.40. The molecule has 0 N–H and O–H groups in total. The van der Waals surface area contributed by atoms with E-state index in [1.165, 1.54) is 5.56 Å². The van der Waals surface area contributed by atoms with Crippen molar-refractivity contribution in [1.29, 1.82) is 0 Å². The molecule has 0 spiro atoms. The zero-order chi connectivity index (χ0) is 14.5. The van der Waals surface area contributed by atoms with Crippen LogP contribution < -0.4 is 9.47 Å². The van der Waals surface area contributed by atoms with Crippen molar-refractivity contribution in [2.24, 2.45) is 0 Å². The summed E-state index contributed by atoms with van der Waals surface area (Å²) in [6.45, 7) is 4.75. The molecule has 0 aliphatic carbocycles. The van der Waals surface area contributed by atoms with Gasteiger partial charge in [-0.05, 0) is 37.6 Å². The van der Waals surface area contributed by atoms with Gasteiger partial charge in [-0.1, -0.05) is 45.8 Å². The van der Waals surface area contributed by atoms with Gasteiger partial charge in [0.25, 0.3) is 0 Å². The van der Waals surface area contributed by atoms with Gasteiger partial charge in [-0.2, -0.15) is 0 Å². The molecule has 0 amide bonds. The van der Waals surface area contributed by atoms with E-state index in [4.69, 9.17) is 9.47 Å². The molecule has 0 saturated heterocycles. The summed E-state index contributed by atoms with van der Waals surface area (Å²) in [5.74, 6) is 1.78. The third-order valence-corrected chi connectivity index (χ3v) is 4.15. The average molecular weight is 335 g/mol. The highest BCUT2D eigenvalue weighted by Crippen LogP contribution is 2.38. The number of benzene rings is 2. The molecule has 2 rings (SSSR count). The number of halogens is 1. The van der Waals surface area contributed by atoms with Crippen molar-refractivity contribution in [1.82, 2.24) is 0 Å². The zero-order valence-electron chi connectivity index (χ0n) is 12.0. The van der Waals surface area contributed by atoms with E-state index in [-0.39, 0.29) is 4.83 Å². The molecule has 0 heterocycles. The smallest absolute Gasteiger partial charge is 0.123 e. The third-order valence-electron chi connectivity index (χ3n) is 3.12. The Bertz CT molecular complexity index is 581. The molecule has 0 saturated carbocycles. The minimum absolute atomic E-state index is 0.0825. The highest BCUT2D eigenvalue weighted by molar-refractivity contribution is 9.09. The van der Waals surface area contributed by atoms with Gasteiger partial charge >= 0.3 is 0 Å². The number of ether oxygens (including phenoxy) is 2. The number of aryl methyl sites for hydroxylation is 1. The van der Waals surface area contributed by atoms with Crippen LogP contribution in [0.3, 0.4) is 0 Å². The Morgan fingerprint density at radius 3 is 2.65 bits per heavy atom. The normalized spacial score (nSPS) is 12.0. The van der Waals surface area contributed by atoms with E-state index in [1.807, 2.05) is 31.2 Å². The van der Waals surface area contributed by atoms with Crippen LogP contribution in [0.25, 0.3) is 0 Å². The average Bonchev–Trinajstić information content (AvgIpc) is 2.48. The maximum atomic E-state index is 5.73. The summed E-state index contributed by atoms with van der Waals surface area (Å²) in [5, 5.41) is 0. The molecule has 1 unspecified atom stereocenters. The Kier molecular flexibility index (Phi) is 5.07. The summed E-state index contributed by atoms with van der Waals surface area (Å²) in [7, 11) is 1.68.